The summed E-state index contributed by atoms with van der Waals surface area (Å²) in [6, 6.07) is 8.56. The minimum absolute atomic E-state index is 0.148. The van der Waals surface area contributed by atoms with E-state index < -0.39 is 0 Å². The summed E-state index contributed by atoms with van der Waals surface area (Å²) >= 11 is 0. The Labute approximate surface area is 139 Å². The molecule has 0 spiro atoms. The number of nitrogens with one attached hydrogen (secondary N) is 2. The van der Waals surface area contributed by atoms with E-state index in [0.717, 1.165) is 0 Å². The molecule has 124 valence electrons. The summed E-state index contributed by atoms with van der Waals surface area (Å²) in [6.45, 7) is 3.50. The summed E-state index contributed by atoms with van der Waals surface area (Å²) in [6.07, 6.45) is 0. The Bertz CT molecular complexity index is 786. The van der Waals surface area contributed by atoms with Crippen LogP contribution in [0.2, 0.25) is 0 Å². The van der Waals surface area contributed by atoms with Crippen LogP contribution in [0.4, 0.5) is 5.69 Å². The Balaban J connectivity index is 1.74. The number of nitrogens with zero attached hydrogens (tertiary/aromatic N) is 1. The van der Waals surface area contributed by atoms with Crippen LogP contribution in [0.5, 0.6) is 5.75 Å². The Morgan fingerprint density at radius 1 is 1.29 bits per heavy atom. The smallest absolute Gasteiger partial charge is 0.274 e. The standard InChI is InChI=1S/C17H17N3O4/c1-12-10-16(20-24-12)17(22)18-8-3-4-9-23-15-7-5-6-14(11-15)19-13(2)21/h5-7,10-11H,8-9H2,1-2H3,(H,18,22)(H,19,21). The number of anilines is 1. The normalized spacial score (nSPS) is 9.58. The molecule has 2 amide bonds. The number of benzene rings is 1. The predicted molar refractivity (Wildman–Crippen MR) is 87.6 cm³/mol. The molecule has 1 aromatic heterocycles. The van der Waals surface area contributed by atoms with Crippen LogP contribution in [0, 0.1) is 18.8 Å². The number of ether oxygens (including phenoxy) is 1. The molecule has 0 aliphatic carbocycles. The second-order valence-electron chi connectivity index (χ2n) is 4.86. The van der Waals surface area contributed by atoms with Crippen LogP contribution in [0.25, 0.3) is 0 Å². The number of aryl methyl sites for hydroxylation is 1. The summed E-state index contributed by atoms with van der Waals surface area (Å²) in [7, 11) is 0. The molecule has 0 atom stereocenters. The van der Waals surface area contributed by atoms with Gasteiger partial charge >= 0.3 is 0 Å². The Hall–Kier alpha value is -3.27. The number of hydrogen-bond acceptors (Lipinski definition) is 5. The van der Waals surface area contributed by atoms with Gasteiger partial charge in [-0.15, -0.1) is 0 Å². The minimum atomic E-state index is -0.343. The Morgan fingerprint density at radius 3 is 2.83 bits per heavy atom. The van der Waals surface area contributed by atoms with E-state index in [4.69, 9.17) is 9.26 Å². The number of aromatic nitrogens is 1. The molecular formula is C17H17N3O4. The van der Waals surface area contributed by atoms with Gasteiger partial charge in [0.05, 0.1) is 6.54 Å². The maximum atomic E-state index is 11.7. The molecule has 7 heteroatoms. The molecule has 0 unspecified atom stereocenters. The van der Waals surface area contributed by atoms with Crippen LogP contribution in [-0.4, -0.2) is 30.1 Å². The first-order valence-electron chi connectivity index (χ1n) is 7.22. The zero-order valence-electron chi connectivity index (χ0n) is 13.4. The molecular weight excluding hydrogens is 310 g/mol. The lowest BCUT2D eigenvalue weighted by Gasteiger charge is -2.05. The van der Waals surface area contributed by atoms with Gasteiger partial charge in [0.15, 0.2) is 5.69 Å². The van der Waals surface area contributed by atoms with Crippen LogP contribution in [0.3, 0.4) is 0 Å². The SMILES string of the molecule is CC(=O)Nc1cccc(OCC#CCNC(=O)c2cc(C)on2)c1. The van der Waals surface area contributed by atoms with Crippen LogP contribution >= 0.6 is 0 Å². The van der Waals surface area contributed by atoms with Gasteiger partial charge in [-0.3, -0.25) is 9.59 Å². The third-order valence-electron chi connectivity index (χ3n) is 2.79. The van der Waals surface area contributed by atoms with Crippen molar-refractivity contribution in [2.45, 2.75) is 13.8 Å². The monoisotopic (exact) mass is 327 g/mol. The van der Waals surface area contributed by atoms with E-state index in [-0.39, 0.29) is 30.7 Å². The summed E-state index contributed by atoms with van der Waals surface area (Å²) in [5.74, 6) is 6.24. The van der Waals surface area contributed by atoms with E-state index in [1.165, 1.54) is 6.92 Å². The number of carbonyl (C=O) groups excluding carboxylic acids is 2. The predicted octanol–water partition coefficient (Wildman–Crippen LogP) is 1.75. The molecule has 0 bridgehead atoms. The molecule has 0 saturated heterocycles. The molecule has 2 N–H and O–H groups in total. The lowest BCUT2D eigenvalue weighted by molar-refractivity contribution is -0.114. The highest BCUT2D eigenvalue weighted by Gasteiger charge is 2.08. The molecule has 0 aliphatic rings. The largest absolute Gasteiger partial charge is 0.481 e. The third kappa shape index (κ3) is 5.50. The summed E-state index contributed by atoms with van der Waals surface area (Å²) < 4.78 is 10.3. The second kappa shape index (κ2) is 8.39. The molecule has 0 radical (unpaired) electrons. The van der Waals surface area contributed by atoms with Gasteiger partial charge in [0.2, 0.25) is 5.91 Å². The summed E-state index contributed by atoms with van der Waals surface area (Å²) in [5.41, 5.74) is 0.878. The van der Waals surface area contributed by atoms with Gasteiger partial charge in [0.1, 0.15) is 18.1 Å². The maximum Gasteiger partial charge on any atom is 0.274 e. The zero-order valence-corrected chi connectivity index (χ0v) is 13.4. The minimum Gasteiger partial charge on any atom is -0.481 e. The van der Waals surface area contributed by atoms with Gasteiger partial charge in [-0.1, -0.05) is 23.1 Å². The van der Waals surface area contributed by atoms with Crippen molar-refractivity contribution in [3.05, 3.63) is 41.8 Å². The lowest BCUT2D eigenvalue weighted by atomic mass is 10.3. The quantitative estimate of drug-likeness (QED) is 0.816. The fourth-order valence-corrected chi connectivity index (χ4v) is 1.79. The topological polar surface area (TPSA) is 93.5 Å². The number of amides is 2. The van der Waals surface area contributed by atoms with Crippen molar-refractivity contribution in [1.82, 2.24) is 10.5 Å². The fraction of sp³-hybridized carbons (Fsp3) is 0.235. The number of carbonyl (C=O) groups is 2. The van der Waals surface area contributed by atoms with Crippen LogP contribution in [-0.2, 0) is 4.79 Å². The van der Waals surface area contributed by atoms with Crippen molar-refractivity contribution >= 4 is 17.5 Å². The summed E-state index contributed by atoms with van der Waals surface area (Å²) in [5, 5.41) is 8.88. The molecule has 0 aliphatic heterocycles. The maximum absolute atomic E-state index is 11.7. The molecule has 0 saturated carbocycles. The molecule has 0 fully saturated rings. The van der Waals surface area contributed by atoms with Crippen LogP contribution < -0.4 is 15.4 Å². The van der Waals surface area contributed by atoms with Gasteiger partial charge in [0, 0.05) is 24.7 Å². The van der Waals surface area contributed by atoms with Crippen molar-refractivity contribution in [1.29, 1.82) is 0 Å². The lowest BCUT2D eigenvalue weighted by Crippen LogP contribution is -2.23. The van der Waals surface area contributed by atoms with Gasteiger partial charge in [0.25, 0.3) is 5.91 Å². The van der Waals surface area contributed by atoms with Gasteiger partial charge in [-0.05, 0) is 19.1 Å². The van der Waals surface area contributed by atoms with E-state index >= 15 is 0 Å². The van der Waals surface area contributed by atoms with Crippen molar-refractivity contribution < 1.29 is 18.8 Å². The van der Waals surface area contributed by atoms with E-state index in [2.05, 4.69) is 27.6 Å². The highest BCUT2D eigenvalue weighted by Crippen LogP contribution is 2.16. The van der Waals surface area contributed by atoms with Crippen LogP contribution in [0.15, 0.2) is 34.9 Å². The third-order valence-corrected chi connectivity index (χ3v) is 2.79. The molecule has 1 heterocycles. The van der Waals surface area contributed by atoms with E-state index in [1.807, 2.05) is 0 Å². The first-order valence-corrected chi connectivity index (χ1v) is 7.22. The molecule has 7 nitrogen and oxygen atoms in total. The van der Waals surface area contributed by atoms with Crippen molar-refractivity contribution in [2.75, 3.05) is 18.5 Å². The molecule has 1 aromatic carbocycles. The Kier molecular flexibility index (Phi) is 5.97. The summed E-state index contributed by atoms with van der Waals surface area (Å²) in [4.78, 5) is 22.7. The zero-order chi connectivity index (χ0) is 17.4. The van der Waals surface area contributed by atoms with Crippen molar-refractivity contribution in [3.63, 3.8) is 0 Å². The van der Waals surface area contributed by atoms with E-state index in [0.29, 0.717) is 17.2 Å². The van der Waals surface area contributed by atoms with Gasteiger partial charge < -0.3 is 19.9 Å². The van der Waals surface area contributed by atoms with Crippen molar-refractivity contribution in [2.24, 2.45) is 0 Å². The van der Waals surface area contributed by atoms with E-state index in [9.17, 15) is 9.59 Å². The average molecular weight is 327 g/mol. The number of hydrogen-bond donors (Lipinski definition) is 2. The molecule has 2 aromatic rings. The number of rotatable bonds is 5. The highest BCUT2D eigenvalue weighted by molar-refractivity contribution is 5.92. The van der Waals surface area contributed by atoms with Gasteiger partial charge in [-0.2, -0.15) is 0 Å². The average Bonchev–Trinajstić information content (AvgIpc) is 2.97. The van der Waals surface area contributed by atoms with Gasteiger partial charge in [-0.25, -0.2) is 0 Å². The molecule has 24 heavy (non-hydrogen) atoms. The van der Waals surface area contributed by atoms with Crippen LogP contribution in [0.1, 0.15) is 23.2 Å². The Morgan fingerprint density at radius 2 is 2.12 bits per heavy atom. The second-order valence-corrected chi connectivity index (χ2v) is 4.86. The van der Waals surface area contributed by atoms with Crippen molar-refractivity contribution in [3.8, 4) is 17.6 Å². The molecule has 2 rings (SSSR count). The first-order chi connectivity index (χ1) is 11.5. The van der Waals surface area contributed by atoms with E-state index in [1.54, 1.807) is 37.3 Å². The fourth-order valence-electron chi connectivity index (χ4n) is 1.79. The first kappa shape index (κ1) is 17.1. The highest BCUT2D eigenvalue weighted by atomic mass is 16.5.